The average molecular weight is 226 g/mol. The number of nitrogens with zero attached hydrogens (tertiary/aromatic N) is 1. The predicted molar refractivity (Wildman–Crippen MR) is 71.6 cm³/mol. The first-order valence-corrected chi connectivity index (χ1v) is 7.02. The minimum absolute atomic E-state index is 0.301. The quantitative estimate of drug-likeness (QED) is 0.754. The molecule has 0 heterocycles. The highest BCUT2D eigenvalue weighted by molar-refractivity contribution is 4.99. The van der Waals surface area contributed by atoms with Gasteiger partial charge in [0.2, 0.25) is 0 Å². The Balaban J connectivity index is 2.65. The van der Waals surface area contributed by atoms with Crippen molar-refractivity contribution in [2.24, 2.45) is 11.7 Å². The maximum atomic E-state index is 6.08. The molecule has 1 rings (SSSR count). The zero-order valence-electron chi connectivity index (χ0n) is 11.6. The molecule has 0 amide bonds. The molecular weight excluding hydrogens is 196 g/mol. The minimum atomic E-state index is 0.301. The van der Waals surface area contributed by atoms with Gasteiger partial charge in [0, 0.05) is 18.1 Å². The van der Waals surface area contributed by atoms with Crippen molar-refractivity contribution >= 4 is 0 Å². The Morgan fingerprint density at radius 2 is 2.12 bits per heavy atom. The first kappa shape index (κ1) is 14.0. The molecule has 16 heavy (non-hydrogen) atoms. The normalized spacial score (nSPS) is 32.2. The summed E-state index contributed by atoms with van der Waals surface area (Å²) in [4.78, 5) is 2.58. The molecule has 2 N–H and O–H groups in total. The van der Waals surface area contributed by atoms with E-state index in [0.29, 0.717) is 11.6 Å². The highest BCUT2D eigenvalue weighted by Gasteiger charge is 2.41. The summed E-state index contributed by atoms with van der Waals surface area (Å²) in [5.74, 6) is 0.903. The minimum Gasteiger partial charge on any atom is -0.329 e. The molecule has 0 saturated heterocycles. The summed E-state index contributed by atoms with van der Waals surface area (Å²) in [6.45, 7) is 7.75. The molecule has 1 fully saturated rings. The average Bonchev–Trinajstić information content (AvgIpc) is 2.73. The maximum absolute atomic E-state index is 6.08. The Hall–Kier alpha value is -0.0800. The van der Waals surface area contributed by atoms with Crippen LogP contribution < -0.4 is 5.73 Å². The van der Waals surface area contributed by atoms with E-state index in [1.807, 2.05) is 0 Å². The molecule has 0 bridgehead atoms. The van der Waals surface area contributed by atoms with Gasteiger partial charge in [0.15, 0.2) is 0 Å². The fourth-order valence-electron chi connectivity index (χ4n) is 3.29. The van der Waals surface area contributed by atoms with Crippen LogP contribution in [0.4, 0.5) is 0 Å². The van der Waals surface area contributed by atoms with Crippen LogP contribution in [-0.2, 0) is 0 Å². The van der Waals surface area contributed by atoms with Gasteiger partial charge in [0.05, 0.1) is 0 Å². The fourth-order valence-corrected chi connectivity index (χ4v) is 3.29. The molecule has 3 unspecified atom stereocenters. The fraction of sp³-hybridized carbons (Fsp3) is 1.00. The topological polar surface area (TPSA) is 29.3 Å². The second kappa shape index (κ2) is 6.02. The molecule has 1 aliphatic rings. The van der Waals surface area contributed by atoms with Crippen LogP contribution in [0, 0.1) is 5.92 Å². The van der Waals surface area contributed by atoms with Crippen molar-refractivity contribution in [3.8, 4) is 0 Å². The van der Waals surface area contributed by atoms with Crippen molar-refractivity contribution in [1.82, 2.24) is 4.90 Å². The van der Waals surface area contributed by atoms with E-state index >= 15 is 0 Å². The number of rotatable bonds is 6. The van der Waals surface area contributed by atoms with Crippen molar-refractivity contribution in [2.75, 3.05) is 13.6 Å². The van der Waals surface area contributed by atoms with Gasteiger partial charge >= 0.3 is 0 Å². The van der Waals surface area contributed by atoms with Gasteiger partial charge < -0.3 is 5.73 Å². The Labute approximate surface area is 102 Å². The second-order valence-electron chi connectivity index (χ2n) is 5.69. The van der Waals surface area contributed by atoms with Gasteiger partial charge in [-0.25, -0.2) is 0 Å². The number of hydrogen-bond acceptors (Lipinski definition) is 2. The van der Waals surface area contributed by atoms with Gasteiger partial charge in [-0.1, -0.05) is 26.7 Å². The van der Waals surface area contributed by atoms with E-state index in [1.165, 1.54) is 38.5 Å². The zero-order chi connectivity index (χ0) is 12.2. The van der Waals surface area contributed by atoms with Crippen LogP contribution in [0.25, 0.3) is 0 Å². The Kier molecular flexibility index (Phi) is 5.26. The molecule has 0 aliphatic heterocycles. The predicted octanol–water partition coefficient (Wildman–Crippen LogP) is 3.01. The van der Waals surface area contributed by atoms with Crippen molar-refractivity contribution < 1.29 is 0 Å². The highest BCUT2D eigenvalue weighted by atomic mass is 15.2. The summed E-state index contributed by atoms with van der Waals surface area (Å²) in [6.07, 6.45) is 7.85. The molecule has 96 valence electrons. The van der Waals surface area contributed by atoms with E-state index in [4.69, 9.17) is 5.73 Å². The number of nitrogens with two attached hydrogens (primary N) is 1. The van der Waals surface area contributed by atoms with Crippen LogP contribution in [0.2, 0.25) is 0 Å². The summed E-state index contributed by atoms with van der Waals surface area (Å²) >= 11 is 0. The van der Waals surface area contributed by atoms with Crippen LogP contribution in [0.3, 0.4) is 0 Å². The molecular formula is C14H30N2. The number of likely N-dealkylation sites (N-methyl/N-ethyl adjacent to an activating group) is 1. The Morgan fingerprint density at radius 1 is 1.44 bits per heavy atom. The van der Waals surface area contributed by atoms with E-state index in [9.17, 15) is 0 Å². The lowest BCUT2D eigenvalue weighted by Crippen LogP contribution is -2.53. The van der Waals surface area contributed by atoms with Gasteiger partial charge in [-0.3, -0.25) is 4.90 Å². The van der Waals surface area contributed by atoms with E-state index in [1.54, 1.807) is 0 Å². The molecule has 0 spiro atoms. The smallest absolute Gasteiger partial charge is 0.0334 e. The molecule has 0 aromatic heterocycles. The third-order valence-corrected chi connectivity index (χ3v) is 4.76. The van der Waals surface area contributed by atoms with Crippen LogP contribution in [0.15, 0.2) is 0 Å². The lowest BCUT2D eigenvalue weighted by atomic mass is 9.91. The monoisotopic (exact) mass is 226 g/mol. The zero-order valence-corrected chi connectivity index (χ0v) is 11.6. The SMILES string of the molecule is CCCC(C)N(C)C1(CN)CCC(CC)C1. The van der Waals surface area contributed by atoms with Crippen LogP contribution >= 0.6 is 0 Å². The van der Waals surface area contributed by atoms with Crippen molar-refractivity contribution in [3.63, 3.8) is 0 Å². The third-order valence-electron chi connectivity index (χ3n) is 4.76. The van der Waals surface area contributed by atoms with Gasteiger partial charge in [-0.2, -0.15) is 0 Å². The van der Waals surface area contributed by atoms with E-state index in [0.717, 1.165) is 12.5 Å². The summed E-state index contributed by atoms with van der Waals surface area (Å²) in [6, 6.07) is 0.671. The van der Waals surface area contributed by atoms with Crippen molar-refractivity contribution in [2.45, 2.75) is 70.9 Å². The molecule has 0 aromatic rings. The Morgan fingerprint density at radius 3 is 2.56 bits per heavy atom. The molecule has 2 nitrogen and oxygen atoms in total. The highest BCUT2D eigenvalue weighted by Crippen LogP contribution is 2.40. The van der Waals surface area contributed by atoms with Crippen LogP contribution in [-0.4, -0.2) is 30.1 Å². The molecule has 1 saturated carbocycles. The number of hydrogen-bond donors (Lipinski definition) is 1. The molecule has 2 heteroatoms. The lowest BCUT2D eigenvalue weighted by Gasteiger charge is -2.42. The largest absolute Gasteiger partial charge is 0.329 e. The second-order valence-corrected chi connectivity index (χ2v) is 5.69. The van der Waals surface area contributed by atoms with Crippen LogP contribution in [0.1, 0.15) is 59.3 Å². The molecule has 1 aliphatic carbocycles. The Bertz CT molecular complexity index is 205. The summed E-state index contributed by atoms with van der Waals surface area (Å²) in [5, 5.41) is 0. The molecule has 0 aromatic carbocycles. The molecule has 3 atom stereocenters. The van der Waals surface area contributed by atoms with Gasteiger partial charge in [-0.05, 0) is 45.6 Å². The molecule has 0 radical (unpaired) electrons. The first-order valence-electron chi connectivity index (χ1n) is 7.02. The van der Waals surface area contributed by atoms with Crippen LogP contribution in [0.5, 0.6) is 0 Å². The van der Waals surface area contributed by atoms with Crippen molar-refractivity contribution in [1.29, 1.82) is 0 Å². The van der Waals surface area contributed by atoms with E-state index < -0.39 is 0 Å². The van der Waals surface area contributed by atoms with Gasteiger partial charge in [0.1, 0.15) is 0 Å². The summed E-state index contributed by atoms with van der Waals surface area (Å²) < 4.78 is 0. The van der Waals surface area contributed by atoms with E-state index in [2.05, 4.69) is 32.7 Å². The first-order chi connectivity index (χ1) is 7.59. The van der Waals surface area contributed by atoms with Crippen molar-refractivity contribution in [3.05, 3.63) is 0 Å². The summed E-state index contributed by atoms with van der Waals surface area (Å²) in [7, 11) is 2.28. The van der Waals surface area contributed by atoms with Gasteiger partial charge in [-0.15, -0.1) is 0 Å². The van der Waals surface area contributed by atoms with E-state index in [-0.39, 0.29) is 0 Å². The standard InChI is InChI=1S/C14H30N2/c1-5-7-12(3)16(4)14(11-15)9-8-13(6-2)10-14/h12-13H,5-11,15H2,1-4H3. The maximum Gasteiger partial charge on any atom is 0.0334 e. The summed E-state index contributed by atoms with van der Waals surface area (Å²) in [5.41, 5.74) is 6.38. The van der Waals surface area contributed by atoms with Gasteiger partial charge in [0.25, 0.3) is 0 Å². The third kappa shape index (κ3) is 2.78. The lowest BCUT2D eigenvalue weighted by molar-refractivity contribution is 0.0811.